The number of nitrogens with zero attached hydrogens (tertiary/aromatic N) is 3. The van der Waals surface area contributed by atoms with E-state index >= 15 is 0 Å². The van der Waals surface area contributed by atoms with Gasteiger partial charge in [0.15, 0.2) is 5.69 Å². The number of hydrogen-bond acceptors (Lipinski definition) is 4. The largest absolute Gasteiger partial charge is 0.435 e. The van der Waals surface area contributed by atoms with Crippen LogP contribution in [-0.2, 0) is 11.0 Å². The van der Waals surface area contributed by atoms with E-state index in [9.17, 15) is 18.0 Å². The molecule has 1 aromatic heterocycles. The van der Waals surface area contributed by atoms with E-state index in [0.717, 1.165) is 12.1 Å². The van der Waals surface area contributed by atoms with E-state index in [1.807, 2.05) is 13.8 Å². The molecule has 8 heteroatoms. The van der Waals surface area contributed by atoms with Crippen molar-refractivity contribution in [2.45, 2.75) is 20.0 Å². The Bertz CT molecular complexity index is 415. The summed E-state index contributed by atoms with van der Waals surface area (Å²) in [6.45, 7) is 4.83. The molecule has 5 nitrogen and oxygen atoms in total. The monoisotopic (exact) mass is 276 g/mol. The molecule has 1 rings (SSSR count). The van der Waals surface area contributed by atoms with E-state index in [1.165, 1.54) is 0 Å². The minimum Gasteiger partial charge on any atom is -0.360 e. The molecule has 0 fully saturated rings. The molecule has 0 saturated carbocycles. The molecule has 0 saturated heterocycles. The molecule has 0 aliphatic carbocycles. The van der Waals surface area contributed by atoms with Crippen molar-refractivity contribution < 1.29 is 18.0 Å². The summed E-state index contributed by atoms with van der Waals surface area (Å²) in [6, 6.07) is 1.96. The first-order valence-corrected chi connectivity index (χ1v) is 5.81. The van der Waals surface area contributed by atoms with Crippen LogP contribution in [0.15, 0.2) is 12.1 Å². The summed E-state index contributed by atoms with van der Waals surface area (Å²) in [7, 11) is 0. The Morgan fingerprint density at radius 2 is 1.89 bits per heavy atom. The number of rotatable bonds is 5. The maximum atomic E-state index is 12.2. The molecule has 1 amide bonds. The summed E-state index contributed by atoms with van der Waals surface area (Å²) in [4.78, 5) is 13.2. The topological polar surface area (TPSA) is 58.1 Å². The Balaban J connectivity index is 2.57. The molecule has 0 radical (unpaired) electrons. The fraction of sp³-hybridized carbons (Fsp3) is 0.545. The first-order chi connectivity index (χ1) is 8.88. The SMILES string of the molecule is CCN(CC)C(=O)CNc1ccc(C(F)(F)F)nn1. The molecule has 1 aromatic rings. The van der Waals surface area contributed by atoms with Crippen molar-refractivity contribution in [3.05, 3.63) is 17.8 Å². The van der Waals surface area contributed by atoms with Gasteiger partial charge < -0.3 is 10.2 Å². The molecular weight excluding hydrogens is 261 g/mol. The first-order valence-electron chi connectivity index (χ1n) is 5.81. The summed E-state index contributed by atoms with van der Waals surface area (Å²) in [6.07, 6.45) is -4.51. The highest BCUT2D eigenvalue weighted by molar-refractivity contribution is 5.80. The molecule has 0 aliphatic heterocycles. The fourth-order valence-corrected chi connectivity index (χ4v) is 1.43. The molecule has 0 unspecified atom stereocenters. The average molecular weight is 276 g/mol. The van der Waals surface area contributed by atoms with Gasteiger partial charge in [-0.3, -0.25) is 4.79 Å². The minimum atomic E-state index is -4.51. The number of amides is 1. The Morgan fingerprint density at radius 1 is 1.26 bits per heavy atom. The predicted molar refractivity (Wildman–Crippen MR) is 63.5 cm³/mol. The zero-order valence-corrected chi connectivity index (χ0v) is 10.7. The van der Waals surface area contributed by atoms with Crippen molar-refractivity contribution >= 4 is 11.7 Å². The number of likely N-dealkylation sites (N-methyl/N-ethyl adjacent to an activating group) is 1. The fourth-order valence-electron chi connectivity index (χ4n) is 1.43. The van der Waals surface area contributed by atoms with Crippen molar-refractivity contribution in [2.24, 2.45) is 0 Å². The number of alkyl halides is 3. The van der Waals surface area contributed by atoms with Gasteiger partial charge in [0.25, 0.3) is 0 Å². The molecule has 0 aliphatic rings. The van der Waals surface area contributed by atoms with Gasteiger partial charge in [-0.05, 0) is 26.0 Å². The number of hydrogen-bond donors (Lipinski definition) is 1. The lowest BCUT2D eigenvalue weighted by molar-refractivity contribution is -0.141. The lowest BCUT2D eigenvalue weighted by atomic mass is 10.3. The van der Waals surface area contributed by atoms with Crippen LogP contribution in [0, 0.1) is 0 Å². The Morgan fingerprint density at radius 3 is 2.32 bits per heavy atom. The second-order valence-electron chi connectivity index (χ2n) is 3.72. The van der Waals surface area contributed by atoms with Crippen LogP contribution >= 0.6 is 0 Å². The van der Waals surface area contributed by atoms with Gasteiger partial charge in [-0.25, -0.2) is 0 Å². The van der Waals surface area contributed by atoms with Gasteiger partial charge in [0, 0.05) is 13.1 Å². The number of carbonyl (C=O) groups excluding carboxylic acids is 1. The normalized spacial score (nSPS) is 11.2. The number of halogens is 3. The van der Waals surface area contributed by atoms with E-state index in [1.54, 1.807) is 4.90 Å². The summed E-state index contributed by atoms with van der Waals surface area (Å²) in [5.41, 5.74) is -1.06. The van der Waals surface area contributed by atoms with Gasteiger partial charge in [-0.1, -0.05) is 0 Å². The van der Waals surface area contributed by atoms with E-state index in [4.69, 9.17) is 0 Å². The minimum absolute atomic E-state index is 0.0261. The Kier molecular flexibility index (Phi) is 5.08. The standard InChI is InChI=1S/C11H15F3N4O/c1-3-18(4-2)10(19)7-15-9-6-5-8(16-17-9)11(12,13)14/h5-6H,3-4,7H2,1-2H3,(H,15,17). The number of carbonyl (C=O) groups is 1. The van der Waals surface area contributed by atoms with Crippen molar-refractivity contribution in [1.82, 2.24) is 15.1 Å². The van der Waals surface area contributed by atoms with E-state index in [0.29, 0.717) is 13.1 Å². The van der Waals surface area contributed by atoms with Gasteiger partial charge in [-0.2, -0.15) is 13.2 Å². The molecule has 1 heterocycles. The first kappa shape index (κ1) is 15.2. The molecule has 106 valence electrons. The quantitative estimate of drug-likeness (QED) is 0.890. The van der Waals surface area contributed by atoms with Crippen LogP contribution < -0.4 is 5.32 Å². The van der Waals surface area contributed by atoms with E-state index < -0.39 is 11.9 Å². The Hall–Kier alpha value is -1.86. The van der Waals surface area contributed by atoms with E-state index in [2.05, 4.69) is 15.5 Å². The van der Waals surface area contributed by atoms with Crippen molar-refractivity contribution in [1.29, 1.82) is 0 Å². The number of aromatic nitrogens is 2. The van der Waals surface area contributed by atoms with Gasteiger partial charge in [-0.15, -0.1) is 10.2 Å². The zero-order chi connectivity index (χ0) is 14.5. The van der Waals surface area contributed by atoms with Crippen LogP contribution in [0.3, 0.4) is 0 Å². The predicted octanol–water partition coefficient (Wildman–Crippen LogP) is 1.78. The second kappa shape index (κ2) is 6.35. The summed E-state index contributed by atoms with van der Waals surface area (Å²) in [5.74, 6) is -0.0137. The third kappa shape index (κ3) is 4.38. The van der Waals surface area contributed by atoms with Crippen LogP contribution in [0.5, 0.6) is 0 Å². The van der Waals surface area contributed by atoms with E-state index in [-0.39, 0.29) is 18.3 Å². The Labute approximate surface area is 108 Å². The second-order valence-corrected chi connectivity index (χ2v) is 3.72. The van der Waals surface area contributed by atoms with Crippen LogP contribution in [0.2, 0.25) is 0 Å². The third-order valence-corrected chi connectivity index (χ3v) is 2.49. The molecule has 0 bridgehead atoms. The highest BCUT2D eigenvalue weighted by atomic mass is 19.4. The maximum Gasteiger partial charge on any atom is 0.435 e. The smallest absolute Gasteiger partial charge is 0.360 e. The van der Waals surface area contributed by atoms with Gasteiger partial charge in [0.05, 0.1) is 6.54 Å². The molecular formula is C11H15F3N4O. The lowest BCUT2D eigenvalue weighted by Crippen LogP contribution is -2.35. The van der Waals surface area contributed by atoms with Gasteiger partial charge in [0.1, 0.15) is 5.82 Å². The van der Waals surface area contributed by atoms with Crippen LogP contribution in [0.4, 0.5) is 19.0 Å². The highest BCUT2D eigenvalue weighted by Crippen LogP contribution is 2.26. The molecule has 0 atom stereocenters. The van der Waals surface area contributed by atoms with Crippen LogP contribution in [-0.4, -0.2) is 40.6 Å². The lowest BCUT2D eigenvalue weighted by Gasteiger charge is -2.18. The number of anilines is 1. The van der Waals surface area contributed by atoms with Crippen molar-refractivity contribution in [3.63, 3.8) is 0 Å². The van der Waals surface area contributed by atoms with Crippen molar-refractivity contribution in [3.8, 4) is 0 Å². The maximum absolute atomic E-state index is 12.2. The van der Waals surface area contributed by atoms with Gasteiger partial charge >= 0.3 is 6.18 Å². The van der Waals surface area contributed by atoms with Gasteiger partial charge in [0.2, 0.25) is 5.91 Å². The summed E-state index contributed by atoms with van der Waals surface area (Å²) >= 11 is 0. The summed E-state index contributed by atoms with van der Waals surface area (Å²) < 4.78 is 36.7. The molecule has 19 heavy (non-hydrogen) atoms. The zero-order valence-electron chi connectivity index (χ0n) is 10.7. The van der Waals surface area contributed by atoms with Crippen LogP contribution in [0.25, 0.3) is 0 Å². The molecule has 0 aromatic carbocycles. The summed E-state index contributed by atoms with van der Waals surface area (Å²) in [5, 5.41) is 9.07. The molecule has 1 N–H and O–H groups in total. The number of nitrogens with one attached hydrogen (secondary N) is 1. The third-order valence-electron chi connectivity index (χ3n) is 2.49. The average Bonchev–Trinajstić information content (AvgIpc) is 2.37. The van der Waals surface area contributed by atoms with Crippen molar-refractivity contribution in [2.75, 3.05) is 25.0 Å². The highest BCUT2D eigenvalue weighted by Gasteiger charge is 2.32. The van der Waals surface area contributed by atoms with Crippen LogP contribution in [0.1, 0.15) is 19.5 Å². The molecule has 0 spiro atoms.